The van der Waals surface area contributed by atoms with E-state index in [0.717, 1.165) is 67.7 Å². The number of carboxylic acid groups (broad SMARTS) is 4. The first kappa shape index (κ1) is 31.9. The average Bonchev–Trinajstić information content (AvgIpc) is 2.86. The van der Waals surface area contributed by atoms with E-state index in [1.54, 1.807) is 0 Å². The summed E-state index contributed by atoms with van der Waals surface area (Å²) in [5.41, 5.74) is 4.21. The van der Waals surface area contributed by atoms with Gasteiger partial charge < -0.3 is 30.6 Å². The van der Waals surface area contributed by atoms with Crippen molar-refractivity contribution in [2.24, 2.45) is 0 Å². The lowest BCUT2D eigenvalue weighted by molar-refractivity contribution is -0.159. The molecule has 0 spiro atoms. The van der Waals surface area contributed by atoms with E-state index in [2.05, 4.69) is 42.1 Å². The summed E-state index contributed by atoms with van der Waals surface area (Å²) >= 11 is 0. The Morgan fingerprint density at radius 1 is 0.868 bits per heavy atom. The van der Waals surface area contributed by atoms with E-state index in [9.17, 15) is 4.79 Å². The van der Waals surface area contributed by atoms with Crippen LogP contribution in [-0.4, -0.2) is 105 Å². The van der Waals surface area contributed by atoms with Crippen LogP contribution in [0.15, 0.2) is 24.3 Å². The van der Waals surface area contributed by atoms with Crippen molar-refractivity contribution in [1.82, 2.24) is 14.8 Å². The van der Waals surface area contributed by atoms with Gasteiger partial charge in [0.15, 0.2) is 0 Å². The van der Waals surface area contributed by atoms with Crippen molar-refractivity contribution in [1.29, 1.82) is 0 Å². The summed E-state index contributed by atoms with van der Waals surface area (Å²) < 4.78 is 0. The number of aliphatic carboxylic acids is 4. The number of aromatic nitrogens is 1. The van der Waals surface area contributed by atoms with Gasteiger partial charge >= 0.3 is 23.9 Å². The number of hydrogen-bond donors (Lipinski definition) is 5. The van der Waals surface area contributed by atoms with E-state index in [4.69, 9.17) is 44.6 Å². The maximum atomic E-state index is 12.8. The molecular weight excluding hydrogens is 500 g/mol. The van der Waals surface area contributed by atoms with Crippen molar-refractivity contribution in [2.45, 2.75) is 33.1 Å². The van der Waals surface area contributed by atoms with Gasteiger partial charge in [-0.15, -0.1) is 0 Å². The summed E-state index contributed by atoms with van der Waals surface area (Å²) in [6.45, 7) is 8.70. The lowest BCUT2D eigenvalue weighted by Crippen LogP contribution is -2.47. The van der Waals surface area contributed by atoms with E-state index in [-0.39, 0.29) is 5.91 Å². The molecule has 0 atom stereocenters. The van der Waals surface area contributed by atoms with Crippen molar-refractivity contribution >= 4 is 46.4 Å². The van der Waals surface area contributed by atoms with Gasteiger partial charge in [0.05, 0.1) is 17.7 Å². The van der Waals surface area contributed by atoms with Crippen LogP contribution in [-0.2, 0) is 36.8 Å². The van der Waals surface area contributed by atoms with Gasteiger partial charge in [0.2, 0.25) is 5.91 Å². The maximum Gasteiger partial charge on any atom is 0.414 e. The minimum absolute atomic E-state index is 0.0723. The average molecular weight is 535 g/mol. The van der Waals surface area contributed by atoms with Gasteiger partial charge in [-0.2, -0.15) is 0 Å². The molecule has 3 rings (SSSR count). The van der Waals surface area contributed by atoms with Crippen LogP contribution in [0.5, 0.6) is 0 Å². The summed E-state index contributed by atoms with van der Waals surface area (Å²) in [6.07, 6.45) is 2.86. The monoisotopic (exact) mass is 534 g/mol. The number of carbonyl (C=O) groups excluding carboxylic acids is 1. The zero-order valence-corrected chi connectivity index (χ0v) is 21.6. The van der Waals surface area contributed by atoms with E-state index in [1.807, 2.05) is 18.2 Å². The van der Waals surface area contributed by atoms with Gasteiger partial charge in [-0.05, 0) is 31.5 Å². The van der Waals surface area contributed by atoms with Gasteiger partial charge in [0, 0.05) is 37.3 Å². The third-order valence-corrected chi connectivity index (χ3v) is 5.51. The number of aryl methyl sites for hydroxylation is 1. The first-order valence-corrected chi connectivity index (χ1v) is 11.9. The van der Waals surface area contributed by atoms with Crippen molar-refractivity contribution in [3.63, 3.8) is 0 Å². The molecule has 38 heavy (non-hydrogen) atoms. The van der Waals surface area contributed by atoms with Crippen LogP contribution >= 0.6 is 0 Å². The number of fused-ring (bicyclic) bond motifs is 1. The number of nitrogens with zero attached hydrogens (tertiary/aromatic N) is 3. The summed E-state index contributed by atoms with van der Waals surface area (Å²) in [4.78, 5) is 58.6. The second-order valence-corrected chi connectivity index (χ2v) is 8.38. The number of rotatable bonds is 6. The molecule has 0 aliphatic carbocycles. The second-order valence-electron chi connectivity index (χ2n) is 8.38. The smallest absolute Gasteiger partial charge is 0.414 e. The van der Waals surface area contributed by atoms with Gasteiger partial charge in [0.25, 0.3) is 0 Å². The first-order valence-electron chi connectivity index (χ1n) is 11.9. The minimum Gasteiger partial charge on any atom is -0.473 e. The predicted octanol–water partition coefficient (Wildman–Crippen LogP) is 1.25. The molecule has 1 aromatic carbocycles. The highest BCUT2D eigenvalue weighted by Gasteiger charge is 2.19. The predicted molar refractivity (Wildman–Crippen MR) is 138 cm³/mol. The van der Waals surface area contributed by atoms with Crippen LogP contribution in [0.3, 0.4) is 0 Å². The summed E-state index contributed by atoms with van der Waals surface area (Å²) in [7, 11) is 2.13. The van der Waals surface area contributed by atoms with E-state index < -0.39 is 23.9 Å². The van der Waals surface area contributed by atoms with Gasteiger partial charge in [0.1, 0.15) is 0 Å². The van der Waals surface area contributed by atoms with E-state index in [0.29, 0.717) is 6.54 Å². The molecule has 1 aliphatic rings. The van der Waals surface area contributed by atoms with E-state index >= 15 is 0 Å². The number of hydrogen-bond acceptors (Lipinski definition) is 8. The second kappa shape index (κ2) is 15.9. The Morgan fingerprint density at radius 3 is 1.87 bits per heavy atom. The SMILES string of the molecule is CCCc1nc2ccccc2c(NC(=O)CN2CCN(C)CC2)c1CC.O=C(O)C(=O)O.O=C(O)C(=O)O. The molecule has 5 N–H and O–H groups in total. The molecule has 0 bridgehead atoms. The molecule has 2 aromatic rings. The highest BCUT2D eigenvalue weighted by Crippen LogP contribution is 2.30. The van der Waals surface area contributed by atoms with Crippen LogP contribution in [0, 0.1) is 0 Å². The molecule has 1 fully saturated rings. The van der Waals surface area contributed by atoms with Gasteiger partial charge in [-0.1, -0.05) is 38.5 Å². The summed E-state index contributed by atoms with van der Waals surface area (Å²) in [6, 6.07) is 8.11. The number of para-hydroxylation sites is 1. The van der Waals surface area contributed by atoms with E-state index in [1.165, 1.54) is 5.56 Å². The molecule has 0 saturated carbocycles. The Kier molecular flexibility index (Phi) is 13.4. The molecule has 1 aromatic heterocycles. The standard InChI is InChI=1S/C21H30N4O.2C2H2O4/c1-4-8-18-16(5-2)21(17-9-6-7-10-19(17)22-18)23-20(26)15-25-13-11-24(3)12-14-25;2*3-1(4)2(5)6/h6-7,9-10H,4-5,8,11-15H2,1-3H3,(H,22,23,26);2*(H,3,4)(H,5,6). The van der Waals surface area contributed by atoms with Crippen molar-refractivity contribution in [2.75, 3.05) is 45.1 Å². The normalized spacial score (nSPS) is 13.3. The lowest BCUT2D eigenvalue weighted by atomic mass is 10.0. The summed E-state index contributed by atoms with van der Waals surface area (Å²) in [5.74, 6) is -7.22. The highest BCUT2D eigenvalue weighted by atomic mass is 16.4. The molecule has 1 saturated heterocycles. The van der Waals surface area contributed by atoms with Crippen molar-refractivity contribution < 1.29 is 44.4 Å². The van der Waals surface area contributed by atoms with Crippen molar-refractivity contribution in [3.8, 4) is 0 Å². The minimum atomic E-state index is -1.82. The number of carboxylic acids is 4. The Labute approximate surface area is 219 Å². The van der Waals surface area contributed by atoms with Crippen LogP contribution in [0.25, 0.3) is 10.9 Å². The Morgan fingerprint density at radius 2 is 1.39 bits per heavy atom. The molecule has 208 valence electrons. The third kappa shape index (κ3) is 10.5. The summed E-state index contributed by atoms with van der Waals surface area (Å²) in [5, 5.41) is 33.8. The van der Waals surface area contributed by atoms with Crippen LogP contribution in [0.2, 0.25) is 0 Å². The molecule has 13 heteroatoms. The van der Waals surface area contributed by atoms with Gasteiger partial charge in [-0.25, -0.2) is 19.2 Å². The van der Waals surface area contributed by atoms with Crippen LogP contribution in [0.4, 0.5) is 5.69 Å². The Balaban J connectivity index is 0.000000503. The number of piperazine rings is 1. The lowest BCUT2D eigenvalue weighted by Gasteiger charge is -2.31. The molecule has 13 nitrogen and oxygen atoms in total. The van der Waals surface area contributed by atoms with Crippen molar-refractivity contribution in [3.05, 3.63) is 35.5 Å². The zero-order chi connectivity index (χ0) is 28.8. The molecule has 1 amide bonds. The highest BCUT2D eigenvalue weighted by molar-refractivity contribution is 6.27. The number of amides is 1. The number of anilines is 1. The number of nitrogens with one attached hydrogen (secondary N) is 1. The topological polar surface area (TPSA) is 198 Å². The maximum absolute atomic E-state index is 12.8. The Bertz CT molecular complexity index is 1100. The first-order chi connectivity index (χ1) is 17.9. The van der Waals surface area contributed by atoms with Gasteiger partial charge in [-0.3, -0.25) is 14.7 Å². The number of carbonyl (C=O) groups is 5. The fourth-order valence-corrected chi connectivity index (χ4v) is 3.66. The molecule has 0 radical (unpaired) electrons. The number of likely N-dealkylation sites (N-methyl/N-ethyl adjacent to an activating group) is 1. The quantitative estimate of drug-likeness (QED) is 0.333. The Hall–Kier alpha value is -4.10. The molecule has 0 unspecified atom stereocenters. The number of pyridine rings is 1. The van der Waals surface area contributed by atoms with Crippen LogP contribution in [0.1, 0.15) is 31.5 Å². The fourth-order valence-electron chi connectivity index (χ4n) is 3.66. The molecule has 1 aliphatic heterocycles. The zero-order valence-electron chi connectivity index (χ0n) is 21.6. The third-order valence-electron chi connectivity index (χ3n) is 5.51. The fraction of sp³-hybridized carbons (Fsp3) is 0.440. The molecule has 2 heterocycles. The van der Waals surface area contributed by atoms with Crippen LogP contribution < -0.4 is 5.32 Å². The number of benzene rings is 1. The largest absolute Gasteiger partial charge is 0.473 e. The molecular formula is C25H34N4O9.